The van der Waals surface area contributed by atoms with Gasteiger partial charge in [0.2, 0.25) is 5.91 Å². The Hall–Kier alpha value is -2.70. The highest BCUT2D eigenvalue weighted by Gasteiger charge is 2.23. The first-order chi connectivity index (χ1) is 26.5. The summed E-state index contributed by atoms with van der Waals surface area (Å²) in [7, 11) is 0. The number of aliphatic hydroxyl groups is 2. The molecule has 0 aliphatic heterocycles. The van der Waals surface area contributed by atoms with Crippen LogP contribution in [0.3, 0.4) is 0 Å². The molecule has 310 valence electrons. The minimum atomic E-state index is -0.818. The summed E-state index contributed by atoms with van der Waals surface area (Å²) in [5.41, 5.74) is 0. The van der Waals surface area contributed by atoms with E-state index >= 15 is 0 Å². The van der Waals surface area contributed by atoms with E-state index < -0.39 is 18.2 Å². The first-order valence-electron chi connectivity index (χ1n) is 22.2. The van der Waals surface area contributed by atoms with Gasteiger partial charge in [0, 0.05) is 6.42 Å². The highest BCUT2D eigenvalue weighted by molar-refractivity contribution is 5.78. The third kappa shape index (κ3) is 36.3. The number of carbonyl (C=O) groups excluding carboxylic acids is 2. The van der Waals surface area contributed by atoms with Gasteiger partial charge in [-0.25, -0.2) is 0 Å². The van der Waals surface area contributed by atoms with Crippen LogP contribution in [0.2, 0.25) is 0 Å². The summed E-state index contributed by atoms with van der Waals surface area (Å²) in [6, 6.07) is -0.741. The van der Waals surface area contributed by atoms with E-state index in [0.29, 0.717) is 19.3 Å². The third-order valence-corrected chi connectivity index (χ3v) is 9.55. The molecule has 0 heterocycles. The molecule has 3 unspecified atom stereocenters. The van der Waals surface area contributed by atoms with Crippen LogP contribution in [0.25, 0.3) is 0 Å². The van der Waals surface area contributed by atoms with Crippen molar-refractivity contribution in [3.8, 4) is 0 Å². The monoisotopic (exact) mass is 754 g/mol. The number of carbonyl (C=O) groups is 2. The van der Waals surface area contributed by atoms with E-state index in [1.165, 1.54) is 77.0 Å². The molecule has 0 radical (unpaired) electrons. The predicted molar refractivity (Wildman–Crippen MR) is 231 cm³/mol. The summed E-state index contributed by atoms with van der Waals surface area (Å²) in [5, 5.41) is 23.5. The van der Waals surface area contributed by atoms with Crippen LogP contribution in [-0.2, 0) is 14.3 Å². The van der Waals surface area contributed by atoms with Gasteiger partial charge in [-0.2, -0.15) is 0 Å². The second-order valence-corrected chi connectivity index (χ2v) is 14.7. The molecule has 0 saturated carbocycles. The molecule has 1 amide bonds. The molecule has 54 heavy (non-hydrogen) atoms. The second-order valence-electron chi connectivity index (χ2n) is 14.7. The van der Waals surface area contributed by atoms with E-state index in [1.807, 2.05) is 6.08 Å². The summed E-state index contributed by atoms with van der Waals surface area (Å²) in [5.74, 6) is -0.639. The van der Waals surface area contributed by atoms with E-state index in [1.54, 1.807) is 6.08 Å². The summed E-state index contributed by atoms with van der Waals surface area (Å²) < 4.78 is 5.77. The van der Waals surface area contributed by atoms with E-state index in [2.05, 4.69) is 86.8 Å². The molecular weight excluding hydrogens is 671 g/mol. The molecular formula is C48H83NO5. The molecule has 0 saturated heterocycles. The highest BCUT2D eigenvalue weighted by atomic mass is 16.5. The van der Waals surface area contributed by atoms with E-state index in [-0.39, 0.29) is 24.9 Å². The van der Waals surface area contributed by atoms with Gasteiger partial charge in [-0.05, 0) is 57.4 Å². The molecule has 0 aliphatic carbocycles. The van der Waals surface area contributed by atoms with Crippen molar-refractivity contribution in [2.24, 2.45) is 0 Å². The molecule has 3 N–H and O–H groups in total. The largest absolute Gasteiger partial charge is 0.458 e. The van der Waals surface area contributed by atoms with Crippen molar-refractivity contribution in [2.75, 3.05) is 6.61 Å². The molecule has 0 aromatic rings. The molecule has 6 nitrogen and oxygen atoms in total. The van der Waals surface area contributed by atoms with Crippen LogP contribution in [-0.4, -0.2) is 46.9 Å². The zero-order valence-corrected chi connectivity index (χ0v) is 35.1. The average Bonchev–Trinajstić information content (AvgIpc) is 3.16. The first-order valence-corrected chi connectivity index (χ1v) is 22.2. The summed E-state index contributed by atoms with van der Waals surface area (Å²) >= 11 is 0. The number of allylic oxidation sites excluding steroid dienone is 11. The van der Waals surface area contributed by atoms with Crippen LogP contribution in [0.5, 0.6) is 0 Å². The Morgan fingerprint density at radius 1 is 0.556 bits per heavy atom. The third-order valence-electron chi connectivity index (χ3n) is 9.55. The van der Waals surface area contributed by atoms with Gasteiger partial charge in [-0.15, -0.1) is 0 Å². The minimum Gasteiger partial charge on any atom is -0.458 e. The number of hydrogen-bond acceptors (Lipinski definition) is 5. The van der Waals surface area contributed by atoms with Crippen LogP contribution in [0.15, 0.2) is 72.9 Å². The zero-order valence-electron chi connectivity index (χ0n) is 35.1. The van der Waals surface area contributed by atoms with E-state index in [0.717, 1.165) is 70.6 Å². The molecule has 0 aromatic heterocycles. The van der Waals surface area contributed by atoms with E-state index in [4.69, 9.17) is 4.74 Å². The van der Waals surface area contributed by atoms with Crippen LogP contribution < -0.4 is 5.32 Å². The fraction of sp³-hybridized carbons (Fsp3) is 0.708. The molecule has 0 rings (SSSR count). The SMILES string of the molecule is CC/C=C\C/C=C\C/C=C\C/C=C\C/C=C\C/C=C\C(CC(=O)NC(CO)C(O)CCCCCCCCCCC)OC(=O)CCCCCCCCCCC. The number of aliphatic hydroxyl groups excluding tert-OH is 2. The Balaban J connectivity index is 4.82. The van der Waals surface area contributed by atoms with Gasteiger partial charge in [0.25, 0.3) is 0 Å². The molecule has 0 fully saturated rings. The Morgan fingerprint density at radius 3 is 1.41 bits per heavy atom. The normalized spacial score (nSPS) is 14.1. The maximum atomic E-state index is 13.1. The number of nitrogens with one attached hydrogen (secondary N) is 1. The van der Waals surface area contributed by atoms with Gasteiger partial charge in [0.15, 0.2) is 0 Å². The van der Waals surface area contributed by atoms with Crippen molar-refractivity contribution in [1.82, 2.24) is 5.32 Å². The van der Waals surface area contributed by atoms with Gasteiger partial charge in [-0.3, -0.25) is 9.59 Å². The van der Waals surface area contributed by atoms with E-state index in [9.17, 15) is 19.8 Å². The van der Waals surface area contributed by atoms with Crippen LogP contribution in [0, 0.1) is 0 Å². The molecule has 0 aromatic carbocycles. The Kier molecular flexibility index (Phi) is 39.4. The zero-order chi connectivity index (χ0) is 39.6. The van der Waals surface area contributed by atoms with Crippen molar-refractivity contribution in [2.45, 2.75) is 212 Å². The fourth-order valence-corrected chi connectivity index (χ4v) is 6.19. The van der Waals surface area contributed by atoms with Crippen molar-refractivity contribution in [3.63, 3.8) is 0 Å². The Morgan fingerprint density at radius 2 is 0.963 bits per heavy atom. The van der Waals surface area contributed by atoms with Crippen molar-refractivity contribution in [1.29, 1.82) is 0 Å². The molecule has 0 aliphatic rings. The molecule has 6 heteroatoms. The summed E-state index contributed by atoms with van der Waals surface area (Å²) in [6.45, 7) is 6.27. The lowest BCUT2D eigenvalue weighted by Gasteiger charge is -2.23. The van der Waals surface area contributed by atoms with Crippen LogP contribution in [0.1, 0.15) is 194 Å². The predicted octanol–water partition coefficient (Wildman–Crippen LogP) is 12.7. The van der Waals surface area contributed by atoms with Gasteiger partial charge < -0.3 is 20.3 Å². The average molecular weight is 754 g/mol. The number of amides is 1. The number of hydrogen-bond donors (Lipinski definition) is 3. The number of rotatable bonds is 38. The quantitative estimate of drug-likeness (QED) is 0.0331. The lowest BCUT2D eigenvalue weighted by Crippen LogP contribution is -2.46. The summed E-state index contributed by atoms with van der Waals surface area (Å²) in [4.78, 5) is 25.8. The smallest absolute Gasteiger partial charge is 0.306 e. The number of esters is 1. The van der Waals surface area contributed by atoms with Gasteiger partial charge in [0.05, 0.1) is 25.2 Å². The maximum absolute atomic E-state index is 13.1. The minimum absolute atomic E-state index is 0.0487. The molecule has 0 bridgehead atoms. The lowest BCUT2D eigenvalue weighted by atomic mass is 10.0. The first kappa shape index (κ1) is 51.3. The number of unbranched alkanes of at least 4 members (excludes halogenated alkanes) is 16. The standard InChI is InChI=1S/C48H83NO5/c1-4-7-10-13-16-19-20-21-22-23-24-25-26-29-30-33-36-39-44(54-48(53)41-38-35-32-28-18-15-12-9-6-3)42-47(52)49-45(43-50)46(51)40-37-34-31-27-17-14-11-8-5-2/h7,10,16,19,21-22,24-25,29-30,36,39,44-46,50-51H,4-6,8-9,11-15,17-18,20,23,26-28,31-35,37-38,40-43H2,1-3H3,(H,49,52)/b10-7-,19-16-,22-21-,25-24-,30-29-,39-36-. The topological polar surface area (TPSA) is 95.9 Å². The second kappa shape index (κ2) is 41.5. The summed E-state index contributed by atoms with van der Waals surface area (Å²) in [6.07, 6.45) is 51.4. The van der Waals surface area contributed by atoms with Crippen molar-refractivity contribution in [3.05, 3.63) is 72.9 Å². The highest BCUT2D eigenvalue weighted by Crippen LogP contribution is 2.15. The Bertz CT molecular complexity index is 1030. The van der Waals surface area contributed by atoms with Gasteiger partial charge in [0.1, 0.15) is 6.10 Å². The van der Waals surface area contributed by atoms with Crippen LogP contribution in [0.4, 0.5) is 0 Å². The maximum Gasteiger partial charge on any atom is 0.306 e. The molecule has 3 atom stereocenters. The van der Waals surface area contributed by atoms with Crippen molar-refractivity contribution >= 4 is 11.9 Å². The van der Waals surface area contributed by atoms with Crippen LogP contribution >= 0.6 is 0 Å². The lowest BCUT2D eigenvalue weighted by molar-refractivity contribution is -0.148. The number of ether oxygens (including phenoxy) is 1. The fourth-order valence-electron chi connectivity index (χ4n) is 6.19. The van der Waals surface area contributed by atoms with Crippen molar-refractivity contribution < 1.29 is 24.5 Å². The molecule has 0 spiro atoms. The van der Waals surface area contributed by atoms with Gasteiger partial charge >= 0.3 is 5.97 Å². The Labute approximate surface area is 332 Å². The van der Waals surface area contributed by atoms with Gasteiger partial charge in [-0.1, -0.05) is 197 Å².